The third kappa shape index (κ3) is 3.21. The Kier molecular flexibility index (Phi) is 4.61. The summed E-state index contributed by atoms with van der Waals surface area (Å²) in [7, 11) is 0. The minimum atomic E-state index is -0.430. The van der Waals surface area contributed by atoms with E-state index in [1.165, 1.54) is 17.0 Å². The third-order valence-corrected chi connectivity index (χ3v) is 4.47. The number of piperazine rings is 1. The molecule has 1 aromatic rings. The van der Waals surface area contributed by atoms with E-state index in [2.05, 4.69) is 4.90 Å². The van der Waals surface area contributed by atoms with Crippen molar-refractivity contribution in [1.29, 1.82) is 0 Å². The van der Waals surface area contributed by atoms with Gasteiger partial charge in [-0.25, -0.2) is 4.90 Å². The molecule has 0 aromatic heterocycles. The number of nitrogens with zero attached hydrogens (tertiary/aromatic N) is 3. The van der Waals surface area contributed by atoms with Crippen molar-refractivity contribution < 1.29 is 19.8 Å². The van der Waals surface area contributed by atoms with Crippen LogP contribution in [-0.2, 0) is 9.59 Å². The zero-order valence-corrected chi connectivity index (χ0v) is 12.9. The average molecular weight is 319 g/mol. The predicted octanol–water partition coefficient (Wildman–Crippen LogP) is -0.366. The van der Waals surface area contributed by atoms with Crippen LogP contribution in [0.25, 0.3) is 0 Å². The van der Waals surface area contributed by atoms with Gasteiger partial charge in [0.25, 0.3) is 5.91 Å². The van der Waals surface area contributed by atoms with Gasteiger partial charge in [0.05, 0.1) is 24.8 Å². The maximum Gasteiger partial charge on any atom is 0.251 e. The Hall–Kier alpha value is -1.96. The minimum Gasteiger partial charge on any atom is -0.508 e. The van der Waals surface area contributed by atoms with Gasteiger partial charge in [0.1, 0.15) is 5.75 Å². The van der Waals surface area contributed by atoms with E-state index in [0.717, 1.165) is 13.1 Å². The Bertz CT molecular complexity index is 599. The van der Waals surface area contributed by atoms with Crippen molar-refractivity contribution in [2.45, 2.75) is 12.5 Å². The summed E-state index contributed by atoms with van der Waals surface area (Å²) in [5, 5.41) is 18.5. The lowest BCUT2D eigenvalue weighted by molar-refractivity contribution is -0.123. The van der Waals surface area contributed by atoms with E-state index in [1.807, 2.05) is 4.90 Å². The second kappa shape index (κ2) is 6.66. The molecule has 0 saturated carbocycles. The second-order valence-corrected chi connectivity index (χ2v) is 5.91. The van der Waals surface area contributed by atoms with E-state index in [0.29, 0.717) is 25.3 Å². The number of rotatable bonds is 4. The molecule has 1 atom stereocenters. The molecular weight excluding hydrogens is 298 g/mol. The molecule has 23 heavy (non-hydrogen) atoms. The predicted molar refractivity (Wildman–Crippen MR) is 84.1 cm³/mol. The first-order chi connectivity index (χ1) is 11.1. The first-order valence-electron chi connectivity index (χ1n) is 7.83. The average Bonchev–Trinajstić information content (AvgIpc) is 2.83. The molecule has 7 nitrogen and oxygen atoms in total. The monoisotopic (exact) mass is 319 g/mol. The molecule has 0 aliphatic carbocycles. The van der Waals surface area contributed by atoms with Crippen LogP contribution < -0.4 is 4.90 Å². The number of phenols is 1. The van der Waals surface area contributed by atoms with E-state index in [-0.39, 0.29) is 30.6 Å². The normalized spacial score (nSPS) is 23.7. The zero-order valence-electron chi connectivity index (χ0n) is 12.9. The number of phenolic OH excluding ortho intramolecular Hbond substituents is 1. The summed E-state index contributed by atoms with van der Waals surface area (Å²) >= 11 is 0. The largest absolute Gasteiger partial charge is 0.508 e. The quantitative estimate of drug-likeness (QED) is 0.737. The molecule has 7 heteroatoms. The highest BCUT2D eigenvalue weighted by molar-refractivity contribution is 6.22. The number of carbonyl (C=O) groups excluding carboxylic acids is 2. The molecule has 3 rings (SSSR count). The number of β-amino-alcohol motifs (C(OH)–C–C–N with tert-alkyl or cyclic N) is 1. The lowest BCUT2D eigenvalue weighted by Gasteiger charge is -2.36. The van der Waals surface area contributed by atoms with E-state index in [9.17, 15) is 14.7 Å². The number of amides is 2. The maximum atomic E-state index is 12.7. The van der Waals surface area contributed by atoms with Crippen molar-refractivity contribution >= 4 is 17.5 Å². The van der Waals surface area contributed by atoms with Gasteiger partial charge < -0.3 is 10.2 Å². The van der Waals surface area contributed by atoms with Gasteiger partial charge in [-0.3, -0.25) is 19.4 Å². The van der Waals surface area contributed by atoms with Crippen LogP contribution in [0, 0.1) is 0 Å². The lowest BCUT2D eigenvalue weighted by Crippen LogP contribution is -2.52. The van der Waals surface area contributed by atoms with Crippen molar-refractivity contribution in [2.75, 3.05) is 44.2 Å². The number of anilines is 1. The van der Waals surface area contributed by atoms with Gasteiger partial charge in [-0.2, -0.15) is 0 Å². The molecule has 124 valence electrons. The zero-order chi connectivity index (χ0) is 16.4. The molecule has 0 spiro atoms. The number of aliphatic hydroxyl groups excluding tert-OH is 1. The molecule has 2 fully saturated rings. The fourth-order valence-electron chi connectivity index (χ4n) is 3.24. The van der Waals surface area contributed by atoms with Crippen LogP contribution in [0.2, 0.25) is 0 Å². The van der Waals surface area contributed by atoms with Crippen LogP contribution in [0.4, 0.5) is 5.69 Å². The molecule has 0 radical (unpaired) electrons. The Balaban J connectivity index is 1.70. The van der Waals surface area contributed by atoms with Crippen molar-refractivity contribution in [1.82, 2.24) is 9.80 Å². The second-order valence-electron chi connectivity index (χ2n) is 5.91. The highest BCUT2D eigenvalue weighted by atomic mass is 16.3. The van der Waals surface area contributed by atoms with Gasteiger partial charge in [-0.05, 0) is 12.1 Å². The standard InChI is InChI=1S/C16H21N3O4/c20-9-8-17-4-6-18(7-5-17)14-11-15(22)19(16(14)23)12-2-1-3-13(21)10-12/h1-3,10,14,20-21H,4-9,11H2. The number of carbonyl (C=O) groups is 2. The summed E-state index contributed by atoms with van der Waals surface area (Å²) in [5.41, 5.74) is 0.418. The summed E-state index contributed by atoms with van der Waals surface area (Å²) in [5.74, 6) is -0.427. The van der Waals surface area contributed by atoms with Crippen LogP contribution >= 0.6 is 0 Å². The molecule has 2 heterocycles. The van der Waals surface area contributed by atoms with Gasteiger partial charge >= 0.3 is 0 Å². The summed E-state index contributed by atoms with van der Waals surface area (Å²) < 4.78 is 0. The van der Waals surface area contributed by atoms with Crippen LogP contribution in [0.5, 0.6) is 5.75 Å². The Labute approximate surface area is 134 Å². The van der Waals surface area contributed by atoms with Crippen LogP contribution in [0.1, 0.15) is 6.42 Å². The molecule has 0 bridgehead atoms. The maximum absolute atomic E-state index is 12.7. The number of imide groups is 1. The number of hydrogen-bond donors (Lipinski definition) is 2. The molecule has 1 unspecified atom stereocenters. The number of aliphatic hydroxyl groups is 1. The fourth-order valence-corrected chi connectivity index (χ4v) is 3.24. The Morgan fingerprint density at radius 3 is 2.52 bits per heavy atom. The lowest BCUT2D eigenvalue weighted by atomic mass is 10.1. The van der Waals surface area contributed by atoms with Gasteiger partial charge in [-0.15, -0.1) is 0 Å². The molecule has 2 aliphatic heterocycles. The highest BCUT2D eigenvalue weighted by Crippen LogP contribution is 2.28. The van der Waals surface area contributed by atoms with Crippen molar-refractivity contribution in [2.24, 2.45) is 0 Å². The summed E-state index contributed by atoms with van der Waals surface area (Å²) in [4.78, 5) is 30.3. The van der Waals surface area contributed by atoms with E-state index in [1.54, 1.807) is 12.1 Å². The molecular formula is C16H21N3O4. The van der Waals surface area contributed by atoms with E-state index < -0.39 is 6.04 Å². The van der Waals surface area contributed by atoms with Gasteiger partial charge in [0, 0.05) is 38.8 Å². The molecule has 1 aromatic carbocycles. The Morgan fingerprint density at radius 2 is 1.87 bits per heavy atom. The van der Waals surface area contributed by atoms with Crippen LogP contribution in [-0.4, -0.2) is 77.2 Å². The summed E-state index contributed by atoms with van der Waals surface area (Å²) in [6, 6.07) is 5.77. The minimum absolute atomic E-state index is 0.0316. The molecule has 2 N–H and O–H groups in total. The SMILES string of the molecule is O=C1CC(N2CCN(CCO)CC2)C(=O)N1c1cccc(O)c1. The smallest absolute Gasteiger partial charge is 0.251 e. The molecule has 2 amide bonds. The number of aromatic hydroxyl groups is 1. The van der Waals surface area contributed by atoms with E-state index in [4.69, 9.17) is 5.11 Å². The van der Waals surface area contributed by atoms with Crippen molar-refractivity contribution in [3.63, 3.8) is 0 Å². The van der Waals surface area contributed by atoms with Crippen LogP contribution in [0.3, 0.4) is 0 Å². The summed E-state index contributed by atoms with van der Waals surface area (Å²) in [6.07, 6.45) is 0.175. The summed E-state index contributed by atoms with van der Waals surface area (Å²) in [6.45, 7) is 3.75. The highest BCUT2D eigenvalue weighted by Gasteiger charge is 2.43. The van der Waals surface area contributed by atoms with Crippen LogP contribution in [0.15, 0.2) is 24.3 Å². The van der Waals surface area contributed by atoms with Gasteiger partial charge in [0.15, 0.2) is 0 Å². The number of benzene rings is 1. The third-order valence-electron chi connectivity index (χ3n) is 4.47. The van der Waals surface area contributed by atoms with Gasteiger partial charge in [0.2, 0.25) is 5.91 Å². The topological polar surface area (TPSA) is 84.3 Å². The van der Waals surface area contributed by atoms with E-state index >= 15 is 0 Å². The van der Waals surface area contributed by atoms with Crippen molar-refractivity contribution in [3.05, 3.63) is 24.3 Å². The van der Waals surface area contributed by atoms with Gasteiger partial charge in [-0.1, -0.05) is 6.07 Å². The first-order valence-corrected chi connectivity index (χ1v) is 7.83. The first kappa shape index (κ1) is 15.9. The molecule has 2 aliphatic rings. The molecule has 2 saturated heterocycles. The fraction of sp³-hybridized carbons (Fsp3) is 0.500. The Morgan fingerprint density at radius 1 is 1.13 bits per heavy atom. The number of hydrogen-bond acceptors (Lipinski definition) is 6. The van der Waals surface area contributed by atoms with Crippen molar-refractivity contribution in [3.8, 4) is 5.75 Å².